The van der Waals surface area contributed by atoms with Crippen molar-refractivity contribution in [2.45, 2.75) is 26.2 Å². The lowest BCUT2D eigenvalue weighted by molar-refractivity contribution is -0.124. The number of hydrogen-bond acceptors (Lipinski definition) is 2. The fourth-order valence-corrected chi connectivity index (χ4v) is 1.93. The number of rotatable bonds is 4. The third-order valence-electron chi connectivity index (χ3n) is 3.38. The molecule has 0 bridgehead atoms. The molecule has 1 fully saturated rings. The van der Waals surface area contributed by atoms with E-state index in [1.54, 1.807) is 6.07 Å². The van der Waals surface area contributed by atoms with Gasteiger partial charge in [-0.1, -0.05) is 6.07 Å². The number of nitrogens with zero attached hydrogens (tertiary/aromatic N) is 1. The molecule has 0 heterocycles. The minimum atomic E-state index is -0.766. The molecule has 1 N–H and O–H groups in total. The predicted octanol–water partition coefficient (Wildman–Crippen LogP) is 2.10. The van der Waals surface area contributed by atoms with Gasteiger partial charge in [0.1, 0.15) is 11.2 Å². The van der Waals surface area contributed by atoms with Crippen molar-refractivity contribution in [3.63, 3.8) is 0 Å². The molecule has 0 aliphatic heterocycles. The van der Waals surface area contributed by atoms with Gasteiger partial charge in [-0.05, 0) is 49.4 Å². The quantitative estimate of drug-likeness (QED) is 0.884. The smallest absolute Gasteiger partial charge is 0.240 e. The fraction of sp³-hybridized carbons (Fsp3) is 0.429. The van der Waals surface area contributed by atoms with Crippen LogP contribution in [0.15, 0.2) is 18.2 Å². The zero-order valence-corrected chi connectivity index (χ0v) is 10.3. The van der Waals surface area contributed by atoms with Crippen LogP contribution in [0.4, 0.5) is 4.39 Å². The van der Waals surface area contributed by atoms with E-state index in [9.17, 15) is 9.18 Å². The van der Waals surface area contributed by atoms with Gasteiger partial charge < -0.3 is 5.32 Å². The van der Waals surface area contributed by atoms with Crippen LogP contribution in [0.5, 0.6) is 0 Å². The molecule has 0 saturated heterocycles. The molecule has 1 aromatic rings. The molecule has 1 aliphatic carbocycles. The summed E-state index contributed by atoms with van der Waals surface area (Å²) in [5.74, 6) is -0.425. The predicted molar refractivity (Wildman–Crippen MR) is 65.1 cm³/mol. The van der Waals surface area contributed by atoms with Crippen molar-refractivity contribution < 1.29 is 9.18 Å². The largest absolute Gasteiger partial charge is 0.354 e. The Morgan fingerprint density at radius 1 is 1.56 bits per heavy atom. The van der Waals surface area contributed by atoms with Crippen LogP contribution in [0.3, 0.4) is 0 Å². The average Bonchev–Trinajstić information content (AvgIpc) is 3.12. The molecule has 1 aromatic carbocycles. The van der Waals surface area contributed by atoms with Crippen LogP contribution in [0, 0.1) is 29.5 Å². The summed E-state index contributed by atoms with van der Waals surface area (Å²) in [5, 5.41) is 11.6. The lowest BCUT2D eigenvalue weighted by atomic mass is 10.1. The maximum atomic E-state index is 12.9. The molecule has 0 spiro atoms. The molecular formula is C14H15FN2O. The monoisotopic (exact) mass is 246 g/mol. The number of aryl methyl sites for hydroxylation is 1. The molecule has 1 aliphatic rings. The summed E-state index contributed by atoms with van der Waals surface area (Å²) in [5.41, 5.74) is 1.13. The van der Waals surface area contributed by atoms with Crippen molar-refractivity contribution in [1.29, 1.82) is 5.26 Å². The zero-order valence-electron chi connectivity index (χ0n) is 10.3. The number of carbonyl (C=O) groups is 1. The number of nitriles is 1. The molecular weight excluding hydrogens is 231 g/mol. The average molecular weight is 246 g/mol. The third kappa shape index (κ3) is 2.51. The highest BCUT2D eigenvalue weighted by atomic mass is 19.1. The summed E-state index contributed by atoms with van der Waals surface area (Å²) in [7, 11) is 0. The second-order valence-electron chi connectivity index (χ2n) is 4.77. The lowest BCUT2D eigenvalue weighted by Crippen LogP contribution is -2.32. The van der Waals surface area contributed by atoms with Gasteiger partial charge in [0.05, 0.1) is 6.07 Å². The topological polar surface area (TPSA) is 52.9 Å². The molecule has 0 radical (unpaired) electrons. The minimum Gasteiger partial charge on any atom is -0.354 e. The van der Waals surface area contributed by atoms with E-state index in [4.69, 9.17) is 5.26 Å². The molecule has 0 atom stereocenters. The van der Waals surface area contributed by atoms with Gasteiger partial charge >= 0.3 is 0 Å². The van der Waals surface area contributed by atoms with E-state index in [-0.39, 0.29) is 11.7 Å². The Bertz CT molecular complexity index is 515. The Morgan fingerprint density at radius 3 is 2.83 bits per heavy atom. The Labute approximate surface area is 106 Å². The number of benzene rings is 1. The number of halogens is 1. The van der Waals surface area contributed by atoms with Crippen LogP contribution in [0.1, 0.15) is 24.0 Å². The van der Waals surface area contributed by atoms with Crippen LogP contribution in [0.2, 0.25) is 0 Å². The highest BCUT2D eigenvalue weighted by Gasteiger charge is 2.50. The van der Waals surface area contributed by atoms with Gasteiger partial charge in [0, 0.05) is 6.54 Å². The van der Waals surface area contributed by atoms with Gasteiger partial charge in [-0.2, -0.15) is 5.26 Å². The highest BCUT2D eigenvalue weighted by molar-refractivity contribution is 5.88. The van der Waals surface area contributed by atoms with Gasteiger partial charge in [0.25, 0.3) is 0 Å². The van der Waals surface area contributed by atoms with E-state index < -0.39 is 5.41 Å². The number of nitrogens with one attached hydrogen (secondary N) is 1. The summed E-state index contributed by atoms with van der Waals surface area (Å²) in [4.78, 5) is 11.7. The van der Waals surface area contributed by atoms with E-state index in [0.29, 0.717) is 25.8 Å². The molecule has 3 nitrogen and oxygen atoms in total. The Hall–Kier alpha value is -1.89. The van der Waals surface area contributed by atoms with Crippen LogP contribution in [-0.4, -0.2) is 12.5 Å². The second kappa shape index (κ2) is 4.77. The van der Waals surface area contributed by atoms with E-state index in [1.807, 2.05) is 6.92 Å². The first-order valence-electron chi connectivity index (χ1n) is 6.02. The number of carbonyl (C=O) groups excluding carboxylic acids is 1. The van der Waals surface area contributed by atoms with E-state index in [0.717, 1.165) is 11.1 Å². The van der Waals surface area contributed by atoms with E-state index in [1.165, 1.54) is 12.1 Å². The van der Waals surface area contributed by atoms with Crippen molar-refractivity contribution in [3.8, 4) is 6.07 Å². The number of amides is 1. The maximum absolute atomic E-state index is 12.9. The lowest BCUT2D eigenvalue weighted by Gasteiger charge is -2.09. The molecule has 0 aromatic heterocycles. The van der Waals surface area contributed by atoms with Crippen molar-refractivity contribution in [3.05, 3.63) is 35.1 Å². The van der Waals surface area contributed by atoms with Gasteiger partial charge in [-0.15, -0.1) is 0 Å². The molecule has 0 unspecified atom stereocenters. The standard InChI is InChI=1S/C14H15FN2O/c1-10-8-12(15)3-2-11(10)4-7-17-13(18)14(9-16)5-6-14/h2-3,8H,4-7H2,1H3,(H,17,18). The SMILES string of the molecule is Cc1cc(F)ccc1CCNC(=O)C1(C#N)CC1. The Kier molecular flexibility index (Phi) is 3.33. The molecule has 4 heteroatoms. The summed E-state index contributed by atoms with van der Waals surface area (Å²) in [6.45, 7) is 2.33. The van der Waals surface area contributed by atoms with Gasteiger partial charge in [0.15, 0.2) is 0 Å². The zero-order chi connectivity index (χ0) is 13.2. The summed E-state index contributed by atoms with van der Waals surface area (Å²) >= 11 is 0. The van der Waals surface area contributed by atoms with Crippen LogP contribution >= 0.6 is 0 Å². The first-order valence-corrected chi connectivity index (χ1v) is 6.02. The summed E-state index contributed by atoms with van der Waals surface area (Å²) < 4.78 is 12.9. The van der Waals surface area contributed by atoms with E-state index in [2.05, 4.69) is 11.4 Å². The first kappa shape index (κ1) is 12.6. The van der Waals surface area contributed by atoms with Gasteiger partial charge in [-0.3, -0.25) is 4.79 Å². The number of hydrogen-bond donors (Lipinski definition) is 1. The Morgan fingerprint density at radius 2 is 2.28 bits per heavy atom. The van der Waals surface area contributed by atoms with Crippen LogP contribution < -0.4 is 5.32 Å². The fourth-order valence-electron chi connectivity index (χ4n) is 1.93. The summed E-state index contributed by atoms with van der Waals surface area (Å²) in [6.07, 6.45) is 1.97. The minimum absolute atomic E-state index is 0.176. The summed E-state index contributed by atoms with van der Waals surface area (Å²) in [6, 6.07) is 6.69. The van der Waals surface area contributed by atoms with Crippen molar-refractivity contribution >= 4 is 5.91 Å². The molecule has 18 heavy (non-hydrogen) atoms. The molecule has 1 saturated carbocycles. The maximum Gasteiger partial charge on any atom is 0.240 e. The normalized spacial score (nSPS) is 15.8. The third-order valence-corrected chi connectivity index (χ3v) is 3.38. The van der Waals surface area contributed by atoms with Gasteiger partial charge in [-0.25, -0.2) is 4.39 Å². The second-order valence-corrected chi connectivity index (χ2v) is 4.77. The van der Waals surface area contributed by atoms with Crippen molar-refractivity contribution in [2.24, 2.45) is 5.41 Å². The van der Waals surface area contributed by atoms with Crippen LogP contribution in [0.25, 0.3) is 0 Å². The molecule has 94 valence electrons. The van der Waals surface area contributed by atoms with Crippen molar-refractivity contribution in [2.75, 3.05) is 6.54 Å². The Balaban J connectivity index is 1.86. The first-order chi connectivity index (χ1) is 8.57. The van der Waals surface area contributed by atoms with Crippen molar-refractivity contribution in [1.82, 2.24) is 5.32 Å². The van der Waals surface area contributed by atoms with E-state index >= 15 is 0 Å². The van der Waals surface area contributed by atoms with Gasteiger partial charge in [0.2, 0.25) is 5.91 Å². The van der Waals surface area contributed by atoms with Crippen LogP contribution in [-0.2, 0) is 11.2 Å². The molecule has 1 amide bonds. The molecule has 2 rings (SSSR count). The highest BCUT2D eigenvalue weighted by Crippen LogP contribution is 2.44.